The standard InChI is InChI=1S/C25H51NO/c1-2-3-4-5-6-7-8-9-10-11-12-13-14-15-16-17-18-19-20-21-22-23-25(27)24-26/h24,27H,2-23,26H2,1H3. The Morgan fingerprint density at radius 1 is 0.519 bits per heavy atom. The Hall–Kier alpha value is -0.660. The van der Waals surface area contributed by atoms with Gasteiger partial charge in [0.05, 0.1) is 0 Å². The monoisotopic (exact) mass is 381 g/mol. The Morgan fingerprint density at radius 3 is 1.04 bits per heavy atom. The van der Waals surface area contributed by atoms with E-state index in [4.69, 9.17) is 5.73 Å². The number of allylic oxidation sites excluding steroid dienone is 1. The maximum Gasteiger partial charge on any atom is 0.108 e. The van der Waals surface area contributed by atoms with Crippen molar-refractivity contribution in [3.05, 3.63) is 12.0 Å². The molecule has 0 aliphatic heterocycles. The van der Waals surface area contributed by atoms with Gasteiger partial charge < -0.3 is 10.8 Å². The van der Waals surface area contributed by atoms with E-state index in [1.165, 1.54) is 135 Å². The molecule has 0 rings (SSSR count). The molecule has 0 aromatic rings. The molecular formula is C25H51NO. The third-order valence-corrected chi connectivity index (χ3v) is 5.73. The molecule has 0 aromatic heterocycles. The zero-order chi connectivity index (χ0) is 19.8. The van der Waals surface area contributed by atoms with E-state index >= 15 is 0 Å². The maximum absolute atomic E-state index is 9.25. The number of hydrogen-bond acceptors (Lipinski definition) is 2. The normalized spacial score (nSPS) is 12.0. The Bertz CT molecular complexity index is 301. The van der Waals surface area contributed by atoms with Crippen LogP contribution in [0.1, 0.15) is 148 Å². The first-order valence-corrected chi connectivity index (χ1v) is 12.4. The topological polar surface area (TPSA) is 46.2 Å². The molecule has 2 heteroatoms. The molecule has 0 saturated carbocycles. The first kappa shape index (κ1) is 26.3. The summed E-state index contributed by atoms with van der Waals surface area (Å²) in [4.78, 5) is 0. The largest absolute Gasteiger partial charge is 0.511 e. The lowest BCUT2D eigenvalue weighted by atomic mass is 10.0. The van der Waals surface area contributed by atoms with E-state index in [-0.39, 0.29) is 0 Å². The lowest BCUT2D eigenvalue weighted by molar-refractivity contribution is 0.378. The summed E-state index contributed by atoms with van der Waals surface area (Å²) in [5, 5.41) is 9.25. The smallest absolute Gasteiger partial charge is 0.108 e. The summed E-state index contributed by atoms with van der Waals surface area (Å²) in [5.74, 6) is 0.341. The van der Waals surface area contributed by atoms with E-state index in [1.807, 2.05) is 0 Å². The van der Waals surface area contributed by atoms with Crippen molar-refractivity contribution in [3.63, 3.8) is 0 Å². The zero-order valence-electron chi connectivity index (χ0n) is 18.7. The van der Waals surface area contributed by atoms with Gasteiger partial charge in [-0.05, 0) is 6.42 Å². The summed E-state index contributed by atoms with van der Waals surface area (Å²) in [6, 6.07) is 0. The van der Waals surface area contributed by atoms with Gasteiger partial charge in [-0.1, -0.05) is 135 Å². The van der Waals surface area contributed by atoms with Gasteiger partial charge in [-0.15, -0.1) is 0 Å². The van der Waals surface area contributed by atoms with Crippen LogP contribution in [0.2, 0.25) is 0 Å². The molecule has 0 spiro atoms. The molecule has 162 valence electrons. The highest BCUT2D eigenvalue weighted by molar-refractivity contribution is 4.85. The summed E-state index contributed by atoms with van der Waals surface area (Å²) < 4.78 is 0. The second-order valence-electron chi connectivity index (χ2n) is 8.48. The summed E-state index contributed by atoms with van der Waals surface area (Å²) >= 11 is 0. The highest BCUT2D eigenvalue weighted by Gasteiger charge is 1.96. The van der Waals surface area contributed by atoms with Crippen LogP contribution in [0.4, 0.5) is 0 Å². The second-order valence-corrected chi connectivity index (χ2v) is 8.48. The van der Waals surface area contributed by atoms with Crippen molar-refractivity contribution in [2.45, 2.75) is 148 Å². The van der Waals surface area contributed by atoms with Crippen LogP contribution in [-0.2, 0) is 0 Å². The molecule has 0 radical (unpaired) electrons. The molecule has 0 aromatic carbocycles. The van der Waals surface area contributed by atoms with Crippen molar-refractivity contribution < 1.29 is 5.11 Å². The molecule has 27 heavy (non-hydrogen) atoms. The predicted molar refractivity (Wildman–Crippen MR) is 122 cm³/mol. The van der Waals surface area contributed by atoms with Crippen molar-refractivity contribution in [2.24, 2.45) is 5.73 Å². The number of nitrogens with two attached hydrogens (primary N) is 1. The van der Waals surface area contributed by atoms with Crippen LogP contribution in [0.25, 0.3) is 0 Å². The number of rotatable bonds is 22. The first-order chi connectivity index (χ1) is 13.3. The van der Waals surface area contributed by atoms with E-state index in [9.17, 15) is 5.11 Å². The predicted octanol–water partition coefficient (Wildman–Crippen LogP) is 8.95. The van der Waals surface area contributed by atoms with Crippen LogP contribution in [0.5, 0.6) is 0 Å². The average molecular weight is 382 g/mol. The van der Waals surface area contributed by atoms with E-state index < -0.39 is 0 Å². The molecule has 0 amide bonds. The number of aliphatic hydroxyl groups excluding tert-OH is 1. The molecule has 3 N–H and O–H groups in total. The van der Waals surface area contributed by atoms with Crippen LogP contribution < -0.4 is 5.73 Å². The van der Waals surface area contributed by atoms with Crippen molar-refractivity contribution in [3.8, 4) is 0 Å². The van der Waals surface area contributed by atoms with Crippen molar-refractivity contribution >= 4 is 0 Å². The fourth-order valence-electron chi connectivity index (χ4n) is 3.82. The highest BCUT2D eigenvalue weighted by atomic mass is 16.3. The van der Waals surface area contributed by atoms with Gasteiger partial charge in [0.15, 0.2) is 0 Å². The lowest BCUT2D eigenvalue weighted by Crippen LogP contribution is -1.88. The average Bonchev–Trinajstić information content (AvgIpc) is 2.68. The minimum Gasteiger partial charge on any atom is -0.511 e. The zero-order valence-corrected chi connectivity index (χ0v) is 18.7. The number of unbranched alkanes of at least 4 members (excludes halogenated alkanes) is 20. The highest BCUT2D eigenvalue weighted by Crippen LogP contribution is 2.15. The molecule has 0 aliphatic rings. The third-order valence-electron chi connectivity index (χ3n) is 5.73. The third kappa shape index (κ3) is 23.3. The molecule has 0 atom stereocenters. The van der Waals surface area contributed by atoms with Gasteiger partial charge in [-0.25, -0.2) is 0 Å². The first-order valence-electron chi connectivity index (χ1n) is 12.4. The Kier molecular flexibility index (Phi) is 22.8. The summed E-state index contributed by atoms with van der Waals surface area (Å²) in [6.07, 6.45) is 31.5. The minimum atomic E-state index is 0.341. The molecule has 0 heterocycles. The minimum absolute atomic E-state index is 0.341. The van der Waals surface area contributed by atoms with Gasteiger partial charge in [-0.3, -0.25) is 0 Å². The maximum atomic E-state index is 9.25. The van der Waals surface area contributed by atoms with Gasteiger partial charge >= 0.3 is 0 Å². The van der Waals surface area contributed by atoms with Crippen LogP contribution >= 0.6 is 0 Å². The van der Waals surface area contributed by atoms with E-state index in [1.54, 1.807) is 0 Å². The molecule has 0 bridgehead atoms. The van der Waals surface area contributed by atoms with Crippen LogP contribution in [0, 0.1) is 0 Å². The molecule has 0 unspecified atom stereocenters. The van der Waals surface area contributed by atoms with Crippen LogP contribution in [-0.4, -0.2) is 5.11 Å². The lowest BCUT2D eigenvalue weighted by Gasteiger charge is -2.04. The second kappa shape index (κ2) is 23.4. The van der Waals surface area contributed by atoms with Gasteiger partial charge in [0.25, 0.3) is 0 Å². The molecule has 2 nitrogen and oxygen atoms in total. The summed E-state index contributed by atoms with van der Waals surface area (Å²) in [7, 11) is 0. The van der Waals surface area contributed by atoms with E-state index in [2.05, 4.69) is 6.92 Å². The quantitative estimate of drug-likeness (QED) is 0.145. The molecule has 0 saturated heterocycles. The Balaban J connectivity index is 3.01. The molecule has 0 fully saturated rings. The number of aliphatic hydroxyl groups is 1. The van der Waals surface area contributed by atoms with E-state index in [0.29, 0.717) is 5.76 Å². The molecule has 0 aliphatic carbocycles. The van der Waals surface area contributed by atoms with E-state index in [0.717, 1.165) is 12.8 Å². The summed E-state index contributed by atoms with van der Waals surface area (Å²) in [6.45, 7) is 2.29. The fraction of sp³-hybridized carbons (Fsp3) is 0.920. The Labute approximate surface area is 171 Å². The van der Waals surface area contributed by atoms with Gasteiger partial charge in [0.2, 0.25) is 0 Å². The molecular weight excluding hydrogens is 330 g/mol. The fourth-order valence-corrected chi connectivity index (χ4v) is 3.82. The van der Waals surface area contributed by atoms with Crippen LogP contribution in [0.15, 0.2) is 12.0 Å². The summed E-state index contributed by atoms with van der Waals surface area (Å²) in [5.41, 5.74) is 5.25. The van der Waals surface area contributed by atoms with Crippen LogP contribution in [0.3, 0.4) is 0 Å². The van der Waals surface area contributed by atoms with Crippen molar-refractivity contribution in [1.82, 2.24) is 0 Å². The van der Waals surface area contributed by atoms with Gasteiger partial charge in [0.1, 0.15) is 5.76 Å². The Morgan fingerprint density at radius 2 is 0.778 bits per heavy atom. The van der Waals surface area contributed by atoms with Crippen molar-refractivity contribution in [2.75, 3.05) is 0 Å². The van der Waals surface area contributed by atoms with Gasteiger partial charge in [0, 0.05) is 12.6 Å². The van der Waals surface area contributed by atoms with Crippen molar-refractivity contribution in [1.29, 1.82) is 0 Å². The number of hydrogen-bond donors (Lipinski definition) is 2. The van der Waals surface area contributed by atoms with Gasteiger partial charge in [-0.2, -0.15) is 0 Å². The SMILES string of the molecule is CCCCCCCCCCCCCCCCCCCCCCCC(O)=CN.